The third kappa shape index (κ3) is 6.30. The zero-order valence-electron chi connectivity index (χ0n) is 28.6. The Bertz CT molecular complexity index is 2610. The molecule has 1 aliphatic carbocycles. The van der Waals surface area contributed by atoms with E-state index in [1.165, 1.54) is 0 Å². The third-order valence-corrected chi connectivity index (χ3v) is 9.39. The van der Waals surface area contributed by atoms with Gasteiger partial charge in [-0.15, -0.1) is 0 Å². The topological polar surface area (TPSA) is 86.9 Å². The Morgan fingerprint density at radius 2 is 1.02 bits per heavy atom. The molecule has 0 saturated heterocycles. The number of hydrogen-bond acceptors (Lipinski definition) is 6. The molecular formula is C47H32N6. The van der Waals surface area contributed by atoms with Crippen LogP contribution < -0.4 is 5.43 Å². The summed E-state index contributed by atoms with van der Waals surface area (Å²) in [5, 5.41) is 14.7. The van der Waals surface area contributed by atoms with Crippen molar-refractivity contribution in [2.75, 3.05) is 5.43 Å². The standard InChI is InChI=1S/C47H32N6/c48-40-27-26-38-44(46(40)53-52-37-19-11-4-12-20-37)39-29-36(25-28-41(39)49-45(38)34-15-7-2-8-16-34)31-21-23-33(24-22-31)43-30-42(32-13-5-1-6-14-32)50-47(51-43)35-17-9-3-10-18-35/h1-30,48,52H. The molecule has 6 heteroatoms. The van der Waals surface area contributed by atoms with Crippen molar-refractivity contribution in [2.45, 2.75) is 0 Å². The number of para-hydroxylation sites is 1. The van der Waals surface area contributed by atoms with Crippen LogP contribution in [0, 0.1) is 5.41 Å². The van der Waals surface area contributed by atoms with E-state index < -0.39 is 0 Å². The maximum atomic E-state index is 8.97. The molecule has 250 valence electrons. The Hall–Kier alpha value is -7.31. The van der Waals surface area contributed by atoms with Crippen LogP contribution in [0.3, 0.4) is 0 Å². The quantitative estimate of drug-likeness (QED) is 0.164. The number of allylic oxidation sites excluding steroid dienone is 1. The van der Waals surface area contributed by atoms with Crippen LogP contribution in [-0.4, -0.2) is 26.4 Å². The van der Waals surface area contributed by atoms with E-state index in [4.69, 9.17) is 25.5 Å². The monoisotopic (exact) mass is 680 g/mol. The highest BCUT2D eigenvalue weighted by atomic mass is 15.3. The Labute approximate surface area is 307 Å². The van der Waals surface area contributed by atoms with Crippen molar-refractivity contribution < 1.29 is 0 Å². The molecule has 2 aromatic heterocycles. The van der Waals surface area contributed by atoms with Gasteiger partial charge >= 0.3 is 0 Å². The minimum absolute atomic E-state index is 0.330. The molecule has 0 atom stereocenters. The zero-order chi connectivity index (χ0) is 35.6. The van der Waals surface area contributed by atoms with Crippen LogP contribution in [0.15, 0.2) is 181 Å². The number of anilines is 1. The van der Waals surface area contributed by atoms with Crippen LogP contribution in [-0.2, 0) is 0 Å². The number of nitrogens with one attached hydrogen (secondary N) is 2. The van der Waals surface area contributed by atoms with Gasteiger partial charge in [0.15, 0.2) is 5.82 Å². The second kappa shape index (κ2) is 13.8. The fourth-order valence-corrected chi connectivity index (χ4v) is 6.72. The minimum atomic E-state index is 0.330. The van der Waals surface area contributed by atoms with Gasteiger partial charge in [0.05, 0.1) is 34.0 Å². The maximum absolute atomic E-state index is 8.97. The number of hydrogen-bond donors (Lipinski definition) is 2. The van der Waals surface area contributed by atoms with Crippen LogP contribution in [0.5, 0.6) is 0 Å². The molecule has 6 nitrogen and oxygen atoms in total. The first kappa shape index (κ1) is 31.7. The highest BCUT2D eigenvalue weighted by Crippen LogP contribution is 2.37. The number of fused-ring (bicyclic) bond motifs is 3. The first-order valence-electron chi connectivity index (χ1n) is 17.5. The van der Waals surface area contributed by atoms with E-state index in [9.17, 15) is 0 Å². The number of aromatic nitrogens is 3. The van der Waals surface area contributed by atoms with Gasteiger partial charge in [-0.1, -0.05) is 140 Å². The van der Waals surface area contributed by atoms with Gasteiger partial charge in [0.2, 0.25) is 0 Å². The molecule has 2 heterocycles. The number of nitrogens with zero attached hydrogens (tertiary/aromatic N) is 4. The molecule has 2 N–H and O–H groups in total. The van der Waals surface area contributed by atoms with Gasteiger partial charge in [0.25, 0.3) is 0 Å². The van der Waals surface area contributed by atoms with E-state index in [0.29, 0.717) is 17.2 Å². The van der Waals surface area contributed by atoms with E-state index in [2.05, 4.69) is 78.2 Å². The average molecular weight is 681 g/mol. The lowest BCUT2D eigenvalue weighted by Gasteiger charge is -2.20. The summed E-state index contributed by atoms with van der Waals surface area (Å²) in [7, 11) is 0. The van der Waals surface area contributed by atoms with Crippen LogP contribution in [0.2, 0.25) is 0 Å². The summed E-state index contributed by atoms with van der Waals surface area (Å²) in [6.07, 6.45) is 3.79. The van der Waals surface area contributed by atoms with Gasteiger partial charge in [-0.25, -0.2) is 15.0 Å². The fraction of sp³-hybridized carbons (Fsp3) is 0. The highest BCUT2D eigenvalue weighted by Gasteiger charge is 2.25. The summed E-state index contributed by atoms with van der Waals surface area (Å²) in [4.78, 5) is 15.1. The molecule has 1 aliphatic rings. The van der Waals surface area contributed by atoms with Gasteiger partial charge in [-0.3, -0.25) is 10.8 Å². The SMILES string of the molecule is N=C1C=Cc2c(-c3ccccc3)nc3ccc(-c4ccc(-c5cc(-c6ccccc6)nc(-c6ccccc6)n5)cc4)cc3c2C1=NNc1ccccc1. The second-order valence-electron chi connectivity index (χ2n) is 12.8. The summed E-state index contributed by atoms with van der Waals surface area (Å²) in [6, 6.07) is 57.2. The number of hydrazone groups is 1. The Balaban J connectivity index is 1.15. The van der Waals surface area contributed by atoms with E-state index >= 15 is 0 Å². The average Bonchev–Trinajstić information content (AvgIpc) is 3.24. The lowest BCUT2D eigenvalue weighted by atomic mass is 9.87. The molecule has 8 aromatic rings. The Morgan fingerprint density at radius 1 is 0.472 bits per heavy atom. The minimum Gasteiger partial charge on any atom is -0.299 e. The Kier molecular flexibility index (Phi) is 8.23. The van der Waals surface area contributed by atoms with Crippen molar-refractivity contribution in [1.29, 1.82) is 5.41 Å². The van der Waals surface area contributed by atoms with Crippen molar-refractivity contribution in [3.05, 3.63) is 187 Å². The molecule has 0 fully saturated rings. The summed E-state index contributed by atoms with van der Waals surface area (Å²) in [5.74, 6) is 0.687. The molecule has 0 unspecified atom stereocenters. The van der Waals surface area contributed by atoms with Gasteiger partial charge < -0.3 is 0 Å². The molecule has 6 aromatic carbocycles. The lowest BCUT2D eigenvalue weighted by Crippen LogP contribution is -2.20. The van der Waals surface area contributed by atoms with Crippen LogP contribution >= 0.6 is 0 Å². The molecule has 0 saturated carbocycles. The summed E-state index contributed by atoms with van der Waals surface area (Å²) >= 11 is 0. The number of rotatable bonds is 7. The molecule has 53 heavy (non-hydrogen) atoms. The van der Waals surface area contributed by atoms with E-state index in [0.717, 1.165) is 78.2 Å². The smallest absolute Gasteiger partial charge is 0.160 e. The van der Waals surface area contributed by atoms with Gasteiger partial charge in [0.1, 0.15) is 5.71 Å². The molecule has 0 aliphatic heterocycles. The molecule has 0 radical (unpaired) electrons. The summed E-state index contributed by atoms with van der Waals surface area (Å²) < 4.78 is 0. The predicted molar refractivity (Wildman–Crippen MR) is 218 cm³/mol. The first-order valence-corrected chi connectivity index (χ1v) is 17.5. The fourth-order valence-electron chi connectivity index (χ4n) is 6.72. The van der Waals surface area contributed by atoms with Crippen molar-refractivity contribution in [2.24, 2.45) is 5.10 Å². The Morgan fingerprint density at radius 3 is 1.68 bits per heavy atom. The number of pyridine rings is 1. The molecule has 0 amide bonds. The third-order valence-electron chi connectivity index (χ3n) is 9.39. The molecular weight excluding hydrogens is 649 g/mol. The normalized spacial score (nSPS) is 12.9. The van der Waals surface area contributed by atoms with Crippen molar-refractivity contribution in [1.82, 2.24) is 15.0 Å². The number of benzene rings is 6. The van der Waals surface area contributed by atoms with Crippen molar-refractivity contribution in [3.8, 4) is 56.3 Å². The summed E-state index contributed by atoms with van der Waals surface area (Å²) in [5.41, 5.74) is 16.3. The van der Waals surface area contributed by atoms with E-state index in [1.54, 1.807) is 6.08 Å². The molecule has 0 bridgehead atoms. The second-order valence-corrected chi connectivity index (χ2v) is 12.8. The van der Waals surface area contributed by atoms with Crippen LogP contribution in [0.1, 0.15) is 11.1 Å². The predicted octanol–water partition coefficient (Wildman–Crippen LogP) is 11.2. The van der Waals surface area contributed by atoms with Crippen molar-refractivity contribution >= 4 is 34.1 Å². The van der Waals surface area contributed by atoms with Gasteiger partial charge in [0, 0.05) is 38.8 Å². The van der Waals surface area contributed by atoms with Crippen molar-refractivity contribution in [3.63, 3.8) is 0 Å². The maximum Gasteiger partial charge on any atom is 0.160 e. The lowest BCUT2D eigenvalue weighted by molar-refractivity contribution is 1.18. The molecule has 9 rings (SSSR count). The highest BCUT2D eigenvalue weighted by molar-refractivity contribution is 6.55. The molecule has 0 spiro atoms. The largest absolute Gasteiger partial charge is 0.299 e. The van der Waals surface area contributed by atoms with Gasteiger partial charge in [-0.2, -0.15) is 5.10 Å². The van der Waals surface area contributed by atoms with Crippen LogP contribution in [0.25, 0.3) is 73.3 Å². The van der Waals surface area contributed by atoms with Crippen LogP contribution in [0.4, 0.5) is 5.69 Å². The van der Waals surface area contributed by atoms with E-state index in [-0.39, 0.29) is 0 Å². The van der Waals surface area contributed by atoms with E-state index in [1.807, 2.05) is 103 Å². The zero-order valence-corrected chi connectivity index (χ0v) is 28.6. The summed E-state index contributed by atoms with van der Waals surface area (Å²) in [6.45, 7) is 0. The van der Waals surface area contributed by atoms with Gasteiger partial charge in [-0.05, 0) is 53.6 Å². The first-order chi connectivity index (χ1) is 26.2.